The molecular weight excluding hydrogens is 240 g/mol. The molecule has 1 heterocycles. The molecule has 1 aromatic heterocycles. The van der Waals surface area contributed by atoms with Crippen molar-refractivity contribution in [3.63, 3.8) is 0 Å². The van der Waals surface area contributed by atoms with E-state index in [1.165, 1.54) is 36.4 Å². The zero-order valence-corrected chi connectivity index (χ0v) is 9.23. The van der Waals surface area contributed by atoms with E-state index in [-0.39, 0.29) is 11.4 Å². The van der Waals surface area contributed by atoms with Crippen molar-refractivity contribution in [3.05, 3.63) is 53.7 Å². The summed E-state index contributed by atoms with van der Waals surface area (Å²) in [7, 11) is 0. The predicted octanol–water partition coefficient (Wildman–Crippen LogP) is 2.65. The molecule has 1 aromatic carbocycles. The molecule has 0 unspecified atom stereocenters. The Bertz CT molecular complexity index is 582. The van der Waals surface area contributed by atoms with Crippen molar-refractivity contribution in [2.45, 2.75) is 6.42 Å². The van der Waals surface area contributed by atoms with Gasteiger partial charge in [-0.2, -0.15) is 4.39 Å². The van der Waals surface area contributed by atoms with Gasteiger partial charge < -0.3 is 5.11 Å². The molecule has 5 heteroatoms. The summed E-state index contributed by atoms with van der Waals surface area (Å²) < 4.78 is 26.3. The van der Waals surface area contributed by atoms with E-state index in [4.69, 9.17) is 5.11 Å². The molecule has 2 aromatic rings. The minimum Gasteiger partial charge on any atom is -0.481 e. The first-order chi connectivity index (χ1) is 8.56. The van der Waals surface area contributed by atoms with Gasteiger partial charge in [0.25, 0.3) is 0 Å². The van der Waals surface area contributed by atoms with Gasteiger partial charge in [-0.3, -0.25) is 4.79 Å². The lowest BCUT2D eigenvalue weighted by molar-refractivity contribution is -0.136. The third-order valence-corrected chi connectivity index (χ3v) is 2.41. The number of hydrogen-bond acceptors (Lipinski definition) is 2. The number of rotatable bonds is 3. The average Bonchev–Trinajstić information content (AvgIpc) is 2.32. The van der Waals surface area contributed by atoms with E-state index >= 15 is 0 Å². The third kappa shape index (κ3) is 2.68. The fraction of sp³-hybridized carbons (Fsp3) is 0.0769. The summed E-state index contributed by atoms with van der Waals surface area (Å²) in [6.07, 6.45) is -0.414. The van der Waals surface area contributed by atoms with Crippen molar-refractivity contribution < 1.29 is 18.7 Å². The topological polar surface area (TPSA) is 50.2 Å². The number of carbonyl (C=O) groups is 1. The van der Waals surface area contributed by atoms with Gasteiger partial charge >= 0.3 is 5.97 Å². The number of nitrogens with zero attached hydrogens (tertiary/aromatic N) is 1. The molecule has 0 bridgehead atoms. The van der Waals surface area contributed by atoms with Crippen molar-refractivity contribution in [2.75, 3.05) is 0 Å². The molecule has 0 radical (unpaired) electrons. The lowest BCUT2D eigenvalue weighted by Crippen LogP contribution is -2.04. The Balaban J connectivity index is 2.33. The molecule has 0 saturated carbocycles. The van der Waals surface area contributed by atoms with Crippen LogP contribution in [0.3, 0.4) is 0 Å². The normalized spacial score (nSPS) is 10.3. The number of aliphatic carboxylic acids is 1. The third-order valence-electron chi connectivity index (χ3n) is 2.41. The van der Waals surface area contributed by atoms with Gasteiger partial charge in [-0.25, -0.2) is 9.37 Å². The number of aromatic nitrogens is 1. The van der Waals surface area contributed by atoms with Crippen LogP contribution in [0.5, 0.6) is 0 Å². The Kier molecular flexibility index (Phi) is 3.32. The molecule has 0 aliphatic carbocycles. The SMILES string of the molecule is O=C(O)Cc1ccc(-c2ccc(F)cc2)nc1F. The van der Waals surface area contributed by atoms with Crippen LogP contribution in [-0.2, 0) is 11.2 Å². The molecular formula is C13H9F2NO2. The fourth-order valence-electron chi connectivity index (χ4n) is 1.54. The maximum absolute atomic E-state index is 13.5. The molecule has 0 spiro atoms. The Morgan fingerprint density at radius 2 is 1.78 bits per heavy atom. The number of hydrogen-bond donors (Lipinski definition) is 1. The van der Waals surface area contributed by atoms with E-state index in [9.17, 15) is 13.6 Å². The molecule has 0 saturated heterocycles. The van der Waals surface area contributed by atoms with E-state index in [0.717, 1.165) is 0 Å². The van der Waals surface area contributed by atoms with E-state index in [1.54, 1.807) is 0 Å². The van der Waals surface area contributed by atoms with Gasteiger partial charge in [0.05, 0.1) is 12.1 Å². The molecule has 0 aliphatic rings. The highest BCUT2D eigenvalue weighted by Gasteiger charge is 2.10. The molecule has 0 amide bonds. The largest absolute Gasteiger partial charge is 0.481 e. The number of halogens is 2. The van der Waals surface area contributed by atoms with Crippen molar-refractivity contribution in [3.8, 4) is 11.3 Å². The molecule has 3 nitrogen and oxygen atoms in total. The first-order valence-corrected chi connectivity index (χ1v) is 5.19. The second-order valence-electron chi connectivity index (χ2n) is 3.72. The van der Waals surface area contributed by atoms with Crippen LogP contribution in [0.15, 0.2) is 36.4 Å². The minimum atomic E-state index is -1.12. The van der Waals surface area contributed by atoms with Gasteiger partial charge in [-0.1, -0.05) is 6.07 Å². The van der Waals surface area contributed by atoms with E-state index in [0.29, 0.717) is 11.3 Å². The van der Waals surface area contributed by atoms with Crippen LogP contribution in [0.25, 0.3) is 11.3 Å². The number of benzene rings is 1. The quantitative estimate of drug-likeness (QED) is 0.851. The van der Waals surface area contributed by atoms with Crippen molar-refractivity contribution >= 4 is 5.97 Å². The molecule has 18 heavy (non-hydrogen) atoms. The Labute approximate surface area is 102 Å². The van der Waals surface area contributed by atoms with Gasteiger partial charge in [0.1, 0.15) is 5.82 Å². The van der Waals surface area contributed by atoms with Crippen LogP contribution in [0, 0.1) is 11.8 Å². The predicted molar refractivity (Wildman–Crippen MR) is 60.9 cm³/mol. The molecule has 0 atom stereocenters. The first-order valence-electron chi connectivity index (χ1n) is 5.19. The van der Waals surface area contributed by atoms with Gasteiger partial charge in [0, 0.05) is 11.1 Å². The summed E-state index contributed by atoms with van der Waals surface area (Å²) in [4.78, 5) is 14.2. The van der Waals surface area contributed by atoms with Crippen molar-refractivity contribution in [1.29, 1.82) is 0 Å². The zero-order chi connectivity index (χ0) is 13.1. The van der Waals surface area contributed by atoms with Gasteiger partial charge in [0.15, 0.2) is 0 Å². The smallest absolute Gasteiger partial charge is 0.307 e. The minimum absolute atomic E-state index is 0.0216. The lowest BCUT2D eigenvalue weighted by atomic mass is 10.1. The standard InChI is InChI=1S/C13H9F2NO2/c14-10-4-1-8(2-5-10)11-6-3-9(7-12(17)18)13(15)16-11/h1-6H,7H2,(H,17,18). The summed E-state index contributed by atoms with van der Waals surface area (Å²) in [6.45, 7) is 0. The maximum Gasteiger partial charge on any atom is 0.307 e. The molecule has 92 valence electrons. The second kappa shape index (κ2) is 4.91. The Morgan fingerprint density at radius 3 is 2.33 bits per heavy atom. The Hall–Kier alpha value is -2.30. The highest BCUT2D eigenvalue weighted by molar-refractivity contribution is 5.70. The summed E-state index contributed by atoms with van der Waals surface area (Å²) >= 11 is 0. The van der Waals surface area contributed by atoms with Crippen LogP contribution >= 0.6 is 0 Å². The maximum atomic E-state index is 13.5. The summed E-state index contributed by atoms with van der Waals surface area (Å²) in [6, 6.07) is 8.34. The zero-order valence-electron chi connectivity index (χ0n) is 9.23. The van der Waals surface area contributed by atoms with Crippen molar-refractivity contribution in [1.82, 2.24) is 4.98 Å². The lowest BCUT2D eigenvalue weighted by Gasteiger charge is -2.04. The van der Waals surface area contributed by atoms with Crippen LogP contribution in [0.4, 0.5) is 8.78 Å². The van der Waals surface area contributed by atoms with Crippen molar-refractivity contribution in [2.24, 2.45) is 0 Å². The number of carboxylic acids is 1. The van der Waals surface area contributed by atoms with Crippen LogP contribution in [0.2, 0.25) is 0 Å². The van der Waals surface area contributed by atoms with Crippen LogP contribution in [0.1, 0.15) is 5.56 Å². The van der Waals surface area contributed by atoms with E-state index in [2.05, 4.69) is 4.98 Å². The molecule has 1 N–H and O–H groups in total. The highest BCUT2D eigenvalue weighted by Crippen LogP contribution is 2.19. The van der Waals surface area contributed by atoms with E-state index < -0.39 is 18.3 Å². The van der Waals surface area contributed by atoms with Gasteiger partial charge in [-0.15, -0.1) is 0 Å². The fourth-order valence-corrected chi connectivity index (χ4v) is 1.54. The summed E-state index contributed by atoms with van der Waals surface area (Å²) in [5.41, 5.74) is 0.923. The summed E-state index contributed by atoms with van der Waals surface area (Å²) in [5, 5.41) is 8.57. The Morgan fingerprint density at radius 1 is 1.11 bits per heavy atom. The average molecular weight is 249 g/mol. The molecule has 2 rings (SSSR count). The monoisotopic (exact) mass is 249 g/mol. The van der Waals surface area contributed by atoms with E-state index in [1.807, 2.05) is 0 Å². The molecule has 0 aliphatic heterocycles. The highest BCUT2D eigenvalue weighted by atomic mass is 19.1. The summed E-state index contributed by atoms with van der Waals surface area (Å²) in [5.74, 6) is -2.33. The number of carboxylic acid groups (broad SMARTS) is 1. The molecule has 0 fully saturated rings. The van der Waals surface area contributed by atoms with Crippen LogP contribution in [-0.4, -0.2) is 16.1 Å². The van der Waals surface area contributed by atoms with Crippen LogP contribution < -0.4 is 0 Å². The van der Waals surface area contributed by atoms with Gasteiger partial charge in [-0.05, 0) is 30.3 Å². The number of pyridine rings is 1. The second-order valence-corrected chi connectivity index (χ2v) is 3.72. The van der Waals surface area contributed by atoms with Gasteiger partial charge in [0.2, 0.25) is 5.95 Å². The first kappa shape index (κ1) is 12.2.